The quantitative estimate of drug-likeness (QED) is 0.798. The number of hydrogen-bond acceptors (Lipinski definition) is 5. The smallest absolute Gasteiger partial charge is 0.409 e. The van der Waals surface area contributed by atoms with Gasteiger partial charge in [-0.2, -0.15) is 0 Å². The van der Waals surface area contributed by atoms with Gasteiger partial charge in [0.15, 0.2) is 0 Å². The predicted octanol–water partition coefficient (Wildman–Crippen LogP) is 1.33. The van der Waals surface area contributed by atoms with Crippen LogP contribution in [-0.4, -0.2) is 57.6 Å². The van der Waals surface area contributed by atoms with Crippen molar-refractivity contribution in [2.45, 2.75) is 43.7 Å². The molecule has 0 aliphatic carbocycles. The molecule has 8 nitrogen and oxygen atoms in total. The van der Waals surface area contributed by atoms with Crippen LogP contribution >= 0.6 is 0 Å². The Morgan fingerprint density at radius 1 is 1.23 bits per heavy atom. The van der Waals surface area contributed by atoms with Gasteiger partial charge in [-0.25, -0.2) is 17.9 Å². The third kappa shape index (κ3) is 5.18. The zero-order valence-corrected chi connectivity index (χ0v) is 16.0. The van der Waals surface area contributed by atoms with Gasteiger partial charge in [-0.15, -0.1) is 0 Å². The normalized spacial score (nSPS) is 15.8. The van der Waals surface area contributed by atoms with E-state index >= 15 is 0 Å². The van der Waals surface area contributed by atoms with Gasteiger partial charge in [0, 0.05) is 30.7 Å². The second kappa shape index (κ2) is 8.50. The average Bonchev–Trinajstić information content (AvgIpc) is 2.60. The molecule has 0 aromatic heterocycles. The Kier molecular flexibility index (Phi) is 6.60. The third-order valence-electron chi connectivity index (χ3n) is 4.06. The molecule has 1 aliphatic rings. The molecule has 2 N–H and O–H groups in total. The number of carbonyl (C=O) groups is 2. The molecule has 1 fully saturated rings. The van der Waals surface area contributed by atoms with Gasteiger partial charge < -0.3 is 15.0 Å². The summed E-state index contributed by atoms with van der Waals surface area (Å²) in [6, 6.07) is 5.63. The minimum absolute atomic E-state index is 0.0550. The molecule has 2 amide bonds. The van der Waals surface area contributed by atoms with E-state index in [1.807, 2.05) is 0 Å². The van der Waals surface area contributed by atoms with Gasteiger partial charge in [-0.05, 0) is 44.9 Å². The molecule has 1 aromatic carbocycles. The second-order valence-electron chi connectivity index (χ2n) is 6.51. The maximum atomic E-state index is 12.5. The number of hydrogen-bond donors (Lipinski definition) is 2. The number of nitrogens with zero attached hydrogens (tertiary/aromatic N) is 1. The summed E-state index contributed by atoms with van der Waals surface area (Å²) in [5, 5.41) is 2.90. The lowest BCUT2D eigenvalue weighted by molar-refractivity contribution is 0.0892. The molecule has 26 heavy (non-hydrogen) atoms. The van der Waals surface area contributed by atoms with Crippen LogP contribution in [0.25, 0.3) is 0 Å². The van der Waals surface area contributed by atoms with Crippen molar-refractivity contribution in [1.29, 1.82) is 0 Å². The van der Waals surface area contributed by atoms with E-state index in [9.17, 15) is 18.0 Å². The van der Waals surface area contributed by atoms with Crippen LogP contribution in [0.3, 0.4) is 0 Å². The van der Waals surface area contributed by atoms with Crippen molar-refractivity contribution in [3.63, 3.8) is 0 Å². The van der Waals surface area contributed by atoms with Crippen LogP contribution in [0, 0.1) is 0 Å². The molecule has 1 heterocycles. The minimum Gasteiger partial charge on any atom is -0.453 e. The van der Waals surface area contributed by atoms with E-state index in [1.54, 1.807) is 30.9 Å². The number of rotatable bonds is 5. The number of amides is 2. The van der Waals surface area contributed by atoms with Gasteiger partial charge in [-0.3, -0.25) is 4.79 Å². The molecular weight excluding hydrogens is 358 g/mol. The van der Waals surface area contributed by atoms with Gasteiger partial charge in [0.05, 0.1) is 12.0 Å². The predicted molar refractivity (Wildman–Crippen MR) is 96.4 cm³/mol. The highest BCUT2D eigenvalue weighted by Gasteiger charge is 2.25. The Hall–Kier alpha value is -2.13. The number of benzene rings is 1. The lowest BCUT2D eigenvalue weighted by atomic mass is 10.0. The van der Waals surface area contributed by atoms with Gasteiger partial charge in [0.25, 0.3) is 5.91 Å². The molecule has 1 saturated heterocycles. The Balaban J connectivity index is 2.01. The van der Waals surface area contributed by atoms with Crippen molar-refractivity contribution < 1.29 is 22.7 Å². The van der Waals surface area contributed by atoms with E-state index in [2.05, 4.69) is 14.8 Å². The lowest BCUT2D eigenvalue weighted by Crippen LogP contribution is -2.46. The number of carbonyl (C=O) groups excluding carboxylic acids is 2. The lowest BCUT2D eigenvalue weighted by Gasteiger charge is -2.31. The summed E-state index contributed by atoms with van der Waals surface area (Å²) in [6.45, 7) is 4.47. The monoisotopic (exact) mass is 383 g/mol. The van der Waals surface area contributed by atoms with Gasteiger partial charge >= 0.3 is 6.09 Å². The van der Waals surface area contributed by atoms with Crippen molar-refractivity contribution in [2.24, 2.45) is 0 Å². The van der Waals surface area contributed by atoms with Crippen LogP contribution in [0.2, 0.25) is 0 Å². The van der Waals surface area contributed by atoms with Gasteiger partial charge in [0.2, 0.25) is 10.0 Å². The fourth-order valence-electron chi connectivity index (χ4n) is 2.79. The van der Waals surface area contributed by atoms with Crippen molar-refractivity contribution in [3.05, 3.63) is 29.8 Å². The summed E-state index contributed by atoms with van der Waals surface area (Å²) >= 11 is 0. The van der Waals surface area contributed by atoms with Crippen molar-refractivity contribution in [1.82, 2.24) is 14.9 Å². The Morgan fingerprint density at radius 3 is 2.46 bits per heavy atom. The van der Waals surface area contributed by atoms with Crippen LogP contribution in [0.15, 0.2) is 29.2 Å². The first-order valence-electron chi connectivity index (χ1n) is 8.49. The Morgan fingerprint density at radius 2 is 1.88 bits per heavy atom. The van der Waals surface area contributed by atoms with Gasteiger partial charge in [0.1, 0.15) is 0 Å². The van der Waals surface area contributed by atoms with E-state index in [0.717, 1.165) is 0 Å². The molecule has 0 unspecified atom stereocenters. The third-order valence-corrected chi connectivity index (χ3v) is 5.72. The molecule has 2 rings (SSSR count). The van der Waals surface area contributed by atoms with Crippen LogP contribution in [0.4, 0.5) is 4.79 Å². The highest BCUT2D eigenvalue weighted by Crippen LogP contribution is 2.15. The summed E-state index contributed by atoms with van der Waals surface area (Å²) in [6.07, 6.45) is 0.868. The summed E-state index contributed by atoms with van der Waals surface area (Å²) in [7, 11) is -2.32. The molecule has 0 radical (unpaired) electrons. The standard InChI is InChI=1S/C17H25N3O5S/c1-12(2)19-26(23,24)15-6-4-5-13(11-15)16(21)18-14-7-9-20(10-8-14)17(22)25-3/h4-6,11-12,14,19H,7-10H2,1-3H3,(H,18,21). The number of ether oxygens (including phenoxy) is 1. The Bertz CT molecular complexity index is 755. The number of methoxy groups -OCH3 is 1. The fraction of sp³-hybridized carbons (Fsp3) is 0.529. The van der Waals surface area contributed by atoms with E-state index in [-0.39, 0.29) is 34.5 Å². The number of nitrogens with one attached hydrogen (secondary N) is 2. The minimum atomic E-state index is -3.66. The molecule has 144 valence electrons. The fourth-order valence-corrected chi connectivity index (χ4v) is 4.08. The van der Waals surface area contributed by atoms with E-state index in [4.69, 9.17) is 0 Å². The number of sulfonamides is 1. The topological polar surface area (TPSA) is 105 Å². The molecule has 1 aromatic rings. The maximum Gasteiger partial charge on any atom is 0.409 e. The first-order valence-corrected chi connectivity index (χ1v) is 9.97. The Labute approximate surface area is 153 Å². The second-order valence-corrected chi connectivity index (χ2v) is 8.22. The SMILES string of the molecule is COC(=O)N1CCC(NC(=O)c2cccc(S(=O)(=O)NC(C)C)c2)CC1. The molecule has 9 heteroatoms. The largest absolute Gasteiger partial charge is 0.453 e. The number of piperidine rings is 1. The summed E-state index contributed by atoms with van der Waals surface area (Å²) in [5.41, 5.74) is 0.284. The van der Waals surface area contributed by atoms with Crippen LogP contribution in [0.1, 0.15) is 37.0 Å². The van der Waals surface area contributed by atoms with E-state index in [0.29, 0.717) is 25.9 Å². The summed E-state index contributed by atoms with van der Waals surface area (Å²) in [5.74, 6) is -0.330. The molecule has 0 spiro atoms. The van der Waals surface area contributed by atoms with Crippen LogP contribution in [-0.2, 0) is 14.8 Å². The zero-order chi connectivity index (χ0) is 19.3. The molecular formula is C17H25N3O5S. The molecule has 0 saturated carbocycles. The zero-order valence-electron chi connectivity index (χ0n) is 15.2. The summed E-state index contributed by atoms with van der Waals surface area (Å²) < 4.78 is 31.7. The molecule has 0 atom stereocenters. The summed E-state index contributed by atoms with van der Waals surface area (Å²) in [4.78, 5) is 25.6. The van der Waals surface area contributed by atoms with Crippen LogP contribution in [0.5, 0.6) is 0 Å². The van der Waals surface area contributed by atoms with Crippen molar-refractivity contribution >= 4 is 22.0 Å². The van der Waals surface area contributed by atoms with Crippen LogP contribution < -0.4 is 10.0 Å². The van der Waals surface area contributed by atoms with Crippen molar-refractivity contribution in [3.8, 4) is 0 Å². The van der Waals surface area contributed by atoms with Crippen molar-refractivity contribution in [2.75, 3.05) is 20.2 Å². The van der Waals surface area contributed by atoms with E-state index < -0.39 is 10.0 Å². The highest BCUT2D eigenvalue weighted by molar-refractivity contribution is 7.89. The maximum absolute atomic E-state index is 12.5. The van der Waals surface area contributed by atoms with Gasteiger partial charge in [-0.1, -0.05) is 6.07 Å². The van der Waals surface area contributed by atoms with E-state index in [1.165, 1.54) is 19.2 Å². The average molecular weight is 383 g/mol. The highest BCUT2D eigenvalue weighted by atomic mass is 32.2. The molecule has 0 bridgehead atoms. The first kappa shape index (κ1) is 20.2. The number of likely N-dealkylation sites (tertiary alicyclic amines) is 1. The first-order chi connectivity index (χ1) is 12.2. The molecule has 1 aliphatic heterocycles.